The van der Waals surface area contributed by atoms with E-state index in [1.807, 2.05) is 0 Å². The maximum absolute atomic E-state index is 2.45. The average Bonchev–Trinajstić information content (AvgIpc) is 3.36. The van der Waals surface area contributed by atoms with Gasteiger partial charge in [0.15, 0.2) is 0 Å². The molecule has 0 bridgehead atoms. The Labute approximate surface area is 200 Å². The highest BCUT2D eigenvalue weighted by Gasteiger charge is 2.34. The van der Waals surface area contributed by atoms with Crippen LogP contribution < -0.4 is 21.2 Å². The van der Waals surface area contributed by atoms with Gasteiger partial charge in [-0.1, -0.05) is 152 Å². The molecule has 1 aliphatic rings. The van der Waals surface area contributed by atoms with Crippen LogP contribution in [0.5, 0.6) is 0 Å². The van der Waals surface area contributed by atoms with Gasteiger partial charge in [-0.2, -0.15) is 0 Å². The summed E-state index contributed by atoms with van der Waals surface area (Å²) in [5.74, 6) is 0. The molecule has 0 aliphatic heterocycles. The lowest BCUT2D eigenvalue weighted by atomic mass is 10.2. The van der Waals surface area contributed by atoms with E-state index in [0.717, 1.165) is 0 Å². The zero-order valence-corrected chi connectivity index (χ0v) is 20.6. The molecule has 0 fully saturated rings. The normalized spacial score (nSPS) is 16.2. The Bertz CT molecular complexity index is 1140. The average molecular weight is 463 g/mol. The fraction of sp³-hybridized carbons (Fsp3) is 0.0968. The minimum atomic E-state index is -0.531. The summed E-state index contributed by atoms with van der Waals surface area (Å²) in [7, 11) is -1.04. The molecule has 2 atom stereocenters. The van der Waals surface area contributed by atoms with Crippen molar-refractivity contribution in [2.24, 2.45) is 0 Å². The van der Waals surface area contributed by atoms with Gasteiger partial charge in [0.05, 0.1) is 0 Å². The van der Waals surface area contributed by atoms with Crippen molar-refractivity contribution >= 4 is 37.1 Å². The van der Waals surface area contributed by atoms with Crippen molar-refractivity contribution in [1.29, 1.82) is 0 Å². The van der Waals surface area contributed by atoms with E-state index < -0.39 is 15.8 Å². The highest BCUT2D eigenvalue weighted by molar-refractivity contribution is 7.75. The monoisotopic (exact) mass is 462 g/mol. The van der Waals surface area contributed by atoms with E-state index in [1.54, 1.807) is 5.57 Å². The van der Waals surface area contributed by atoms with Gasteiger partial charge in [0.25, 0.3) is 0 Å². The lowest BCUT2D eigenvalue weighted by Gasteiger charge is -2.33. The van der Waals surface area contributed by atoms with Gasteiger partial charge in [0, 0.05) is 11.3 Å². The van der Waals surface area contributed by atoms with Gasteiger partial charge in [-0.15, -0.1) is 0 Å². The molecular formula is C31H28P2. The van der Waals surface area contributed by atoms with E-state index >= 15 is 0 Å². The molecule has 0 N–H and O–H groups in total. The van der Waals surface area contributed by atoms with Gasteiger partial charge in [-0.25, -0.2) is 0 Å². The van der Waals surface area contributed by atoms with Crippen molar-refractivity contribution in [1.82, 2.24) is 0 Å². The molecule has 5 rings (SSSR count). The molecular weight excluding hydrogens is 434 g/mol. The molecule has 0 nitrogen and oxygen atoms in total. The van der Waals surface area contributed by atoms with Crippen molar-refractivity contribution in [3.8, 4) is 0 Å². The van der Waals surface area contributed by atoms with E-state index in [1.165, 1.54) is 21.2 Å². The SMILES string of the molecule is C[C@H](C1=CC=C[C@@H]1P(c1ccccc1)c1ccccc1)P(c1ccccc1)c1ccccc1. The van der Waals surface area contributed by atoms with Crippen LogP contribution in [0.2, 0.25) is 0 Å². The molecule has 0 heterocycles. The third kappa shape index (κ3) is 4.79. The van der Waals surface area contributed by atoms with Crippen LogP contribution in [0.3, 0.4) is 0 Å². The Balaban J connectivity index is 1.56. The summed E-state index contributed by atoms with van der Waals surface area (Å²) in [6.07, 6.45) is 7.14. The Morgan fingerprint density at radius 3 is 1.36 bits per heavy atom. The van der Waals surface area contributed by atoms with Crippen LogP contribution in [0.15, 0.2) is 145 Å². The van der Waals surface area contributed by atoms with E-state index in [-0.39, 0.29) is 0 Å². The van der Waals surface area contributed by atoms with Crippen molar-refractivity contribution < 1.29 is 0 Å². The first-order valence-electron chi connectivity index (χ1n) is 11.5. The first-order valence-corrected chi connectivity index (χ1v) is 14.3. The summed E-state index contributed by atoms with van der Waals surface area (Å²) in [5.41, 5.74) is 2.42. The molecule has 1 aliphatic carbocycles. The molecule has 0 unspecified atom stereocenters. The summed E-state index contributed by atoms with van der Waals surface area (Å²) >= 11 is 0. The van der Waals surface area contributed by atoms with Crippen LogP contribution >= 0.6 is 15.8 Å². The highest BCUT2D eigenvalue weighted by Crippen LogP contribution is 2.52. The van der Waals surface area contributed by atoms with Crippen molar-refractivity contribution in [2.45, 2.75) is 18.2 Å². The van der Waals surface area contributed by atoms with E-state index in [9.17, 15) is 0 Å². The van der Waals surface area contributed by atoms with Crippen LogP contribution in [-0.4, -0.2) is 11.3 Å². The Morgan fingerprint density at radius 2 is 0.939 bits per heavy atom. The lowest BCUT2D eigenvalue weighted by molar-refractivity contribution is 1.07. The van der Waals surface area contributed by atoms with E-state index in [2.05, 4.69) is 146 Å². The largest absolute Gasteiger partial charge is 0.0724 e. The minimum absolute atomic E-state index is 0.414. The smallest absolute Gasteiger partial charge is 0.0273 e. The van der Waals surface area contributed by atoms with Gasteiger partial charge in [-0.3, -0.25) is 0 Å². The van der Waals surface area contributed by atoms with Crippen molar-refractivity contribution in [3.63, 3.8) is 0 Å². The van der Waals surface area contributed by atoms with Crippen molar-refractivity contribution in [3.05, 3.63) is 145 Å². The number of hydrogen-bond acceptors (Lipinski definition) is 0. The van der Waals surface area contributed by atoms with Gasteiger partial charge >= 0.3 is 0 Å². The Morgan fingerprint density at radius 1 is 0.545 bits per heavy atom. The Hall–Kier alpha value is -2.78. The van der Waals surface area contributed by atoms with Crippen LogP contribution in [0.25, 0.3) is 0 Å². The third-order valence-electron chi connectivity index (χ3n) is 6.21. The van der Waals surface area contributed by atoms with Crippen LogP contribution in [0, 0.1) is 0 Å². The summed E-state index contributed by atoms with van der Waals surface area (Å²) in [6.45, 7) is 2.45. The minimum Gasteiger partial charge on any atom is -0.0724 e. The first kappa shape index (κ1) is 22.0. The molecule has 0 spiro atoms. The van der Waals surface area contributed by atoms with Crippen molar-refractivity contribution in [2.75, 3.05) is 0 Å². The van der Waals surface area contributed by atoms with Gasteiger partial charge in [0.2, 0.25) is 0 Å². The molecule has 4 aromatic carbocycles. The van der Waals surface area contributed by atoms with Crippen LogP contribution in [-0.2, 0) is 0 Å². The fourth-order valence-corrected chi connectivity index (χ4v) is 10.3. The van der Waals surface area contributed by atoms with Crippen LogP contribution in [0.1, 0.15) is 6.92 Å². The van der Waals surface area contributed by atoms with E-state index in [0.29, 0.717) is 11.3 Å². The van der Waals surface area contributed by atoms with E-state index in [4.69, 9.17) is 0 Å². The fourth-order valence-electron chi connectivity index (χ4n) is 4.67. The van der Waals surface area contributed by atoms with Gasteiger partial charge < -0.3 is 0 Å². The van der Waals surface area contributed by atoms with Gasteiger partial charge in [-0.05, 0) is 37.1 Å². The lowest BCUT2D eigenvalue weighted by Crippen LogP contribution is -2.28. The van der Waals surface area contributed by atoms with Crippen LogP contribution in [0.4, 0.5) is 0 Å². The third-order valence-corrected chi connectivity index (χ3v) is 11.7. The molecule has 162 valence electrons. The molecule has 33 heavy (non-hydrogen) atoms. The molecule has 0 saturated carbocycles. The Kier molecular flexibility index (Phi) is 6.97. The topological polar surface area (TPSA) is 0 Å². The number of benzene rings is 4. The number of allylic oxidation sites excluding steroid dienone is 4. The van der Waals surface area contributed by atoms with Gasteiger partial charge in [0.1, 0.15) is 0 Å². The summed E-state index contributed by atoms with van der Waals surface area (Å²) in [5, 5.41) is 5.78. The summed E-state index contributed by atoms with van der Waals surface area (Å²) < 4.78 is 0. The molecule has 4 aromatic rings. The highest BCUT2D eigenvalue weighted by atomic mass is 31.1. The second kappa shape index (κ2) is 10.4. The standard InChI is InChI=1S/C31H28P2/c1-25(32(26-15-6-2-7-16-26)27-17-8-3-9-18-27)30-23-14-24-31(30)33(28-19-10-4-11-20-28)29-21-12-5-13-22-29/h2-25,31H,1H3/t25-,31+/m1/s1. The molecule has 0 saturated heterocycles. The predicted molar refractivity (Wildman–Crippen MR) is 149 cm³/mol. The predicted octanol–water partition coefficient (Wildman–Crippen LogP) is 6.51. The quantitative estimate of drug-likeness (QED) is 0.275. The maximum Gasteiger partial charge on any atom is 0.0273 e. The molecule has 0 radical (unpaired) electrons. The molecule has 0 amide bonds. The molecule has 0 aromatic heterocycles. The summed E-state index contributed by atoms with van der Waals surface area (Å²) in [6, 6.07) is 44.4. The summed E-state index contributed by atoms with van der Waals surface area (Å²) in [4.78, 5) is 0. The number of hydrogen-bond donors (Lipinski definition) is 0. The zero-order valence-electron chi connectivity index (χ0n) is 18.8. The zero-order chi connectivity index (χ0) is 22.5. The number of rotatable bonds is 7. The first-order chi connectivity index (χ1) is 16.3. The maximum atomic E-state index is 2.45. The second-order valence-electron chi connectivity index (χ2n) is 8.25. The second-order valence-corrected chi connectivity index (χ2v) is 13.1. The molecule has 2 heteroatoms.